The number of hydrogen-bond acceptors (Lipinski definition) is 7. The van der Waals surface area contributed by atoms with Gasteiger partial charge in [-0.1, -0.05) is 52.4 Å². The molecule has 0 aliphatic heterocycles. The summed E-state index contributed by atoms with van der Waals surface area (Å²) in [7, 11) is -1.73. The van der Waals surface area contributed by atoms with E-state index in [1.165, 1.54) is 0 Å². The molecule has 0 aromatic rings. The molecule has 0 saturated carbocycles. The third-order valence-corrected chi connectivity index (χ3v) is 5.15. The second-order valence-corrected chi connectivity index (χ2v) is 8.88. The van der Waals surface area contributed by atoms with Gasteiger partial charge in [0, 0.05) is 13.0 Å². The maximum Gasteiger partial charge on any atom is 0.475 e. The molecule has 3 atom stereocenters. The molecule has 12 nitrogen and oxygen atoms in total. The molecule has 2 amide bonds. The number of unbranched alkanes of at least 4 members (excludes halogenated alkanes) is 1. The van der Waals surface area contributed by atoms with Crippen LogP contribution < -0.4 is 21.4 Å². The van der Waals surface area contributed by atoms with Crippen molar-refractivity contribution in [1.82, 2.24) is 21.4 Å². The quantitative estimate of drug-likeness (QED) is 0.0402. The minimum Gasteiger partial charge on any atom is -0.426 e. The largest absolute Gasteiger partial charge is 0.475 e. The fourth-order valence-electron chi connectivity index (χ4n) is 3.31. The average molecular weight is 472 g/mol. The van der Waals surface area contributed by atoms with E-state index >= 15 is 0 Å². The van der Waals surface area contributed by atoms with Crippen molar-refractivity contribution >= 4 is 24.9 Å². The molecule has 7 N–H and O–H groups in total. The zero-order valence-electron chi connectivity index (χ0n) is 20.2. The SMILES string of the molecule is CCCCC(C)CCC(=O)N[C@@H](CCCNC(=N)N[N+](=O)[O-])C(=O)N[C@@H](CC(C)C)B(O)O. The smallest absolute Gasteiger partial charge is 0.426 e. The first-order valence-electron chi connectivity index (χ1n) is 11.7. The van der Waals surface area contributed by atoms with Gasteiger partial charge in [0.25, 0.3) is 5.96 Å². The number of guanidine groups is 1. The van der Waals surface area contributed by atoms with Gasteiger partial charge in [-0.2, -0.15) is 0 Å². The maximum absolute atomic E-state index is 12.8. The molecule has 0 radical (unpaired) electrons. The standard InChI is InChI=1S/C20H41BN6O6/c1-5-6-8-15(4)10-11-18(28)24-16(9-7-12-23-20(22)26-27(32)33)19(29)25-17(21(30)31)13-14(2)3/h14-17,30-31H,5-13H2,1-4H3,(H,24,28)(H,25,29)(H3,22,23,26)/t15?,16-,17-/m0/s1. The number of carbonyl (C=O) groups excluding carboxylic acids is 2. The van der Waals surface area contributed by atoms with Gasteiger partial charge in [0.2, 0.25) is 11.8 Å². The Kier molecular flexibility index (Phi) is 15.9. The second-order valence-electron chi connectivity index (χ2n) is 8.88. The molecule has 0 fully saturated rings. The summed E-state index contributed by atoms with van der Waals surface area (Å²) < 4.78 is 0. The Balaban J connectivity index is 4.95. The monoisotopic (exact) mass is 472 g/mol. The number of carbonyl (C=O) groups is 2. The number of hydrogen-bond donors (Lipinski definition) is 7. The number of rotatable bonds is 17. The molecule has 0 saturated heterocycles. The summed E-state index contributed by atoms with van der Waals surface area (Å²) in [6, 6.07) is -0.906. The van der Waals surface area contributed by atoms with Crippen molar-refractivity contribution in [3.63, 3.8) is 0 Å². The van der Waals surface area contributed by atoms with Gasteiger partial charge in [-0.15, -0.1) is 0 Å². The topological polar surface area (TPSA) is 190 Å². The molecule has 0 heterocycles. The lowest BCUT2D eigenvalue weighted by atomic mass is 9.75. The molecule has 190 valence electrons. The first kappa shape index (κ1) is 30.6. The summed E-state index contributed by atoms with van der Waals surface area (Å²) in [5.74, 6) is -1.64. The minimum atomic E-state index is -1.73. The molecule has 0 aromatic heterocycles. The highest BCUT2D eigenvalue weighted by Crippen LogP contribution is 2.14. The van der Waals surface area contributed by atoms with Crippen LogP contribution in [-0.2, 0) is 9.59 Å². The number of nitrogens with zero attached hydrogens (tertiary/aromatic N) is 1. The summed E-state index contributed by atoms with van der Waals surface area (Å²) in [6.07, 6.45) is 5.11. The zero-order chi connectivity index (χ0) is 25.4. The molecule has 0 aromatic carbocycles. The fourth-order valence-corrected chi connectivity index (χ4v) is 3.31. The van der Waals surface area contributed by atoms with Crippen LogP contribution in [0.1, 0.15) is 79.1 Å². The van der Waals surface area contributed by atoms with Crippen LogP contribution in [0, 0.1) is 27.4 Å². The van der Waals surface area contributed by atoms with Gasteiger partial charge in [0.05, 0.1) is 5.94 Å². The van der Waals surface area contributed by atoms with E-state index < -0.39 is 36.0 Å². The van der Waals surface area contributed by atoms with Crippen molar-refractivity contribution < 1.29 is 24.7 Å². The highest BCUT2D eigenvalue weighted by molar-refractivity contribution is 6.43. The predicted octanol–water partition coefficient (Wildman–Crippen LogP) is 0.706. The van der Waals surface area contributed by atoms with Gasteiger partial charge >= 0.3 is 7.12 Å². The highest BCUT2D eigenvalue weighted by atomic mass is 16.7. The lowest BCUT2D eigenvalue weighted by molar-refractivity contribution is -0.525. The van der Waals surface area contributed by atoms with E-state index in [1.807, 2.05) is 13.8 Å². The van der Waals surface area contributed by atoms with Gasteiger partial charge in [0.15, 0.2) is 5.03 Å². The van der Waals surface area contributed by atoms with Crippen molar-refractivity contribution in [1.29, 1.82) is 5.41 Å². The van der Waals surface area contributed by atoms with E-state index in [1.54, 1.807) is 5.43 Å². The van der Waals surface area contributed by atoms with Crippen LogP contribution in [0.2, 0.25) is 0 Å². The highest BCUT2D eigenvalue weighted by Gasteiger charge is 2.29. The fraction of sp³-hybridized carbons (Fsp3) is 0.850. The summed E-state index contributed by atoms with van der Waals surface area (Å²) >= 11 is 0. The Morgan fingerprint density at radius 3 is 2.30 bits per heavy atom. The van der Waals surface area contributed by atoms with Crippen LogP contribution in [0.25, 0.3) is 0 Å². The third-order valence-electron chi connectivity index (χ3n) is 5.15. The Bertz CT molecular complexity index is 622. The predicted molar refractivity (Wildman–Crippen MR) is 127 cm³/mol. The van der Waals surface area contributed by atoms with Crippen LogP contribution in [0.5, 0.6) is 0 Å². The molecule has 0 spiro atoms. The van der Waals surface area contributed by atoms with Crippen LogP contribution in [-0.4, -0.2) is 58.5 Å². The van der Waals surface area contributed by atoms with E-state index in [-0.39, 0.29) is 31.2 Å². The number of hydrazine groups is 1. The van der Waals surface area contributed by atoms with Crippen LogP contribution >= 0.6 is 0 Å². The first-order chi connectivity index (χ1) is 15.5. The van der Waals surface area contributed by atoms with Crippen molar-refractivity contribution in [2.45, 2.75) is 91.0 Å². The number of amides is 2. The van der Waals surface area contributed by atoms with Gasteiger partial charge in [-0.05, 0) is 37.5 Å². The summed E-state index contributed by atoms with van der Waals surface area (Å²) in [5.41, 5.74) is 1.67. The Hall–Kier alpha value is -2.41. The van der Waals surface area contributed by atoms with Crippen molar-refractivity contribution in [2.75, 3.05) is 6.54 Å². The van der Waals surface area contributed by atoms with Gasteiger partial charge in [0.1, 0.15) is 6.04 Å². The van der Waals surface area contributed by atoms with Crippen LogP contribution in [0.3, 0.4) is 0 Å². The van der Waals surface area contributed by atoms with E-state index in [2.05, 4.69) is 29.8 Å². The Morgan fingerprint density at radius 2 is 1.76 bits per heavy atom. The van der Waals surface area contributed by atoms with Crippen molar-refractivity contribution in [3.05, 3.63) is 10.1 Å². The summed E-state index contributed by atoms with van der Waals surface area (Å²) in [6.45, 7) is 8.15. The molecule has 0 aliphatic carbocycles. The minimum absolute atomic E-state index is 0.110. The lowest BCUT2D eigenvalue weighted by Crippen LogP contribution is -2.54. The summed E-state index contributed by atoms with van der Waals surface area (Å²) in [4.78, 5) is 35.6. The third kappa shape index (κ3) is 15.9. The van der Waals surface area contributed by atoms with Crippen LogP contribution in [0.15, 0.2) is 0 Å². The normalized spacial score (nSPS) is 13.5. The van der Waals surface area contributed by atoms with Crippen LogP contribution in [0.4, 0.5) is 0 Å². The van der Waals surface area contributed by atoms with Crippen molar-refractivity contribution in [3.8, 4) is 0 Å². The van der Waals surface area contributed by atoms with E-state index in [0.29, 0.717) is 25.2 Å². The molecule has 1 unspecified atom stereocenters. The molecule has 0 bridgehead atoms. The molecular weight excluding hydrogens is 431 g/mol. The molecule has 0 rings (SSSR count). The van der Waals surface area contributed by atoms with E-state index in [4.69, 9.17) is 5.41 Å². The Labute approximate surface area is 196 Å². The molecule has 33 heavy (non-hydrogen) atoms. The van der Waals surface area contributed by atoms with Gasteiger partial charge < -0.3 is 26.0 Å². The summed E-state index contributed by atoms with van der Waals surface area (Å²) in [5, 5.41) is 43.9. The van der Waals surface area contributed by atoms with Gasteiger partial charge in [-0.3, -0.25) is 15.0 Å². The molecule has 0 aliphatic rings. The zero-order valence-corrected chi connectivity index (χ0v) is 20.2. The van der Waals surface area contributed by atoms with Gasteiger partial charge in [-0.25, -0.2) is 10.1 Å². The lowest BCUT2D eigenvalue weighted by Gasteiger charge is -2.24. The van der Waals surface area contributed by atoms with E-state index in [0.717, 1.165) is 19.3 Å². The maximum atomic E-state index is 12.8. The average Bonchev–Trinajstić information content (AvgIpc) is 2.71. The van der Waals surface area contributed by atoms with E-state index in [9.17, 15) is 29.8 Å². The Morgan fingerprint density at radius 1 is 1.09 bits per heavy atom. The van der Waals surface area contributed by atoms with Crippen molar-refractivity contribution in [2.24, 2.45) is 11.8 Å². The first-order valence-corrected chi connectivity index (χ1v) is 11.7. The second kappa shape index (κ2) is 17.1. The number of nitro groups is 1. The molecular formula is C20H41BN6O6. The molecule has 13 heteroatoms. The number of nitrogens with one attached hydrogen (secondary N) is 5.